The molecule has 1 rings (SSSR count). The van der Waals surface area contributed by atoms with Gasteiger partial charge in [0, 0.05) is 21.4 Å². The molecule has 0 aliphatic carbocycles. The molecule has 0 spiro atoms. The topological polar surface area (TPSA) is 0 Å². The number of halogens is 3. The highest BCUT2D eigenvalue weighted by atomic mass is 35.5. The Labute approximate surface area is 79.7 Å². The zero-order valence-corrected chi connectivity index (χ0v) is 7.85. The van der Waals surface area contributed by atoms with E-state index in [-0.39, 0.29) is 5.75 Å². The maximum absolute atomic E-state index is 12.9. The minimum absolute atomic E-state index is 0.280. The van der Waals surface area contributed by atoms with E-state index in [1.165, 1.54) is 12.1 Å². The number of benzene rings is 1. The predicted octanol–water partition coefficient (Wildman–Crippen LogP) is 3.56. The summed E-state index contributed by atoms with van der Waals surface area (Å²) in [5.74, 6) is -0.125. The van der Waals surface area contributed by atoms with Crippen molar-refractivity contribution in [2.75, 3.05) is 0 Å². The van der Waals surface area contributed by atoms with Crippen LogP contribution < -0.4 is 0 Å². The number of thiol groups is 1. The third-order valence-corrected chi connectivity index (χ3v) is 2.14. The van der Waals surface area contributed by atoms with Crippen molar-refractivity contribution >= 4 is 35.8 Å². The number of hydrogen-bond acceptors (Lipinski definition) is 1. The Morgan fingerprint density at radius 3 is 2.45 bits per heavy atom. The van der Waals surface area contributed by atoms with Crippen LogP contribution in [0.25, 0.3) is 0 Å². The molecule has 0 radical (unpaired) electrons. The summed E-state index contributed by atoms with van der Waals surface area (Å²) in [6.45, 7) is 0. The minimum Gasteiger partial charge on any atom is -0.207 e. The molecule has 60 valence electrons. The molecule has 0 heterocycles. The summed E-state index contributed by atoms with van der Waals surface area (Å²) in [5.41, 5.74) is 0.388. The van der Waals surface area contributed by atoms with Crippen LogP contribution >= 0.6 is 35.8 Å². The van der Waals surface area contributed by atoms with Crippen LogP contribution in [0.15, 0.2) is 12.1 Å². The largest absolute Gasteiger partial charge is 0.207 e. The SMILES string of the molecule is Fc1cc(Cl)cc(Cl)c1CS. The van der Waals surface area contributed by atoms with Crippen LogP contribution in [-0.4, -0.2) is 0 Å². The highest BCUT2D eigenvalue weighted by molar-refractivity contribution is 7.79. The van der Waals surface area contributed by atoms with Crippen molar-refractivity contribution in [3.8, 4) is 0 Å². The summed E-state index contributed by atoms with van der Waals surface area (Å²) in [4.78, 5) is 0. The van der Waals surface area contributed by atoms with Crippen molar-refractivity contribution in [3.63, 3.8) is 0 Å². The van der Waals surface area contributed by atoms with Gasteiger partial charge in [-0.05, 0) is 12.1 Å². The Morgan fingerprint density at radius 2 is 2.00 bits per heavy atom. The molecule has 0 aliphatic heterocycles. The van der Waals surface area contributed by atoms with E-state index in [0.717, 1.165) is 0 Å². The Kier molecular flexibility index (Phi) is 3.05. The molecule has 11 heavy (non-hydrogen) atoms. The zero-order valence-electron chi connectivity index (χ0n) is 5.44. The van der Waals surface area contributed by atoms with Crippen LogP contribution in [0, 0.1) is 5.82 Å². The van der Waals surface area contributed by atoms with Gasteiger partial charge in [-0.1, -0.05) is 23.2 Å². The van der Waals surface area contributed by atoms with Crippen molar-refractivity contribution in [2.24, 2.45) is 0 Å². The van der Waals surface area contributed by atoms with E-state index in [0.29, 0.717) is 15.6 Å². The van der Waals surface area contributed by atoms with Crippen LogP contribution in [0.1, 0.15) is 5.56 Å². The predicted molar refractivity (Wildman–Crippen MR) is 49.1 cm³/mol. The van der Waals surface area contributed by atoms with Crippen molar-refractivity contribution < 1.29 is 4.39 Å². The molecule has 1 aromatic carbocycles. The van der Waals surface area contributed by atoms with Crippen LogP contribution in [-0.2, 0) is 5.75 Å². The maximum Gasteiger partial charge on any atom is 0.130 e. The molecular formula is C7H5Cl2FS. The summed E-state index contributed by atoms with van der Waals surface area (Å²) in [5, 5.41) is 0.628. The highest BCUT2D eigenvalue weighted by Crippen LogP contribution is 2.25. The molecule has 0 N–H and O–H groups in total. The second kappa shape index (κ2) is 3.65. The molecule has 0 aromatic heterocycles. The molecule has 1 aromatic rings. The molecule has 0 aliphatic rings. The van der Waals surface area contributed by atoms with Gasteiger partial charge in [-0.2, -0.15) is 12.6 Å². The summed E-state index contributed by atoms with van der Waals surface area (Å²) < 4.78 is 12.9. The summed E-state index contributed by atoms with van der Waals surface area (Å²) in [6, 6.07) is 2.72. The molecule has 0 saturated heterocycles. The van der Waals surface area contributed by atoms with Crippen LogP contribution in [0.4, 0.5) is 4.39 Å². The van der Waals surface area contributed by atoms with Gasteiger partial charge in [0.2, 0.25) is 0 Å². The summed E-state index contributed by atoms with van der Waals surface area (Å²) >= 11 is 15.1. The number of rotatable bonds is 1. The van der Waals surface area contributed by atoms with Gasteiger partial charge in [0.15, 0.2) is 0 Å². The average Bonchev–Trinajstić information content (AvgIpc) is 1.85. The fourth-order valence-electron chi connectivity index (χ4n) is 0.723. The Balaban J connectivity index is 3.25. The Morgan fingerprint density at radius 1 is 1.36 bits per heavy atom. The fraction of sp³-hybridized carbons (Fsp3) is 0.143. The van der Waals surface area contributed by atoms with E-state index in [2.05, 4.69) is 12.6 Å². The van der Waals surface area contributed by atoms with Crippen molar-refractivity contribution in [2.45, 2.75) is 5.75 Å². The smallest absolute Gasteiger partial charge is 0.130 e. The first kappa shape index (κ1) is 9.17. The molecular weight excluding hydrogens is 206 g/mol. The van der Waals surface area contributed by atoms with Gasteiger partial charge in [0.25, 0.3) is 0 Å². The quantitative estimate of drug-likeness (QED) is 0.674. The third kappa shape index (κ3) is 2.01. The first-order chi connectivity index (χ1) is 5.15. The normalized spacial score (nSPS) is 10.2. The van der Waals surface area contributed by atoms with Gasteiger partial charge < -0.3 is 0 Å². The third-order valence-electron chi connectivity index (χ3n) is 1.26. The lowest BCUT2D eigenvalue weighted by atomic mass is 10.2. The highest BCUT2D eigenvalue weighted by Gasteiger charge is 2.06. The van der Waals surface area contributed by atoms with E-state index in [1.54, 1.807) is 0 Å². The molecule has 0 atom stereocenters. The Bertz CT molecular complexity index is 252. The second-order valence-corrected chi connectivity index (χ2v) is 3.17. The van der Waals surface area contributed by atoms with Gasteiger partial charge in [0.05, 0.1) is 0 Å². The maximum atomic E-state index is 12.9. The van der Waals surface area contributed by atoms with E-state index < -0.39 is 5.82 Å². The van der Waals surface area contributed by atoms with Gasteiger partial charge in [-0.25, -0.2) is 4.39 Å². The van der Waals surface area contributed by atoms with Crippen molar-refractivity contribution in [3.05, 3.63) is 33.6 Å². The molecule has 0 unspecified atom stereocenters. The molecule has 4 heteroatoms. The van der Waals surface area contributed by atoms with Gasteiger partial charge in [0.1, 0.15) is 5.82 Å². The van der Waals surface area contributed by atoms with Crippen LogP contribution in [0.5, 0.6) is 0 Å². The Hall–Kier alpha value is 0.0800. The molecule has 0 bridgehead atoms. The van der Waals surface area contributed by atoms with E-state index in [4.69, 9.17) is 23.2 Å². The lowest BCUT2D eigenvalue weighted by molar-refractivity contribution is 0.617. The van der Waals surface area contributed by atoms with Crippen LogP contribution in [0.3, 0.4) is 0 Å². The zero-order chi connectivity index (χ0) is 8.43. The van der Waals surface area contributed by atoms with E-state index >= 15 is 0 Å². The molecule has 0 saturated carbocycles. The lowest BCUT2D eigenvalue weighted by Crippen LogP contribution is -1.87. The average molecular weight is 211 g/mol. The van der Waals surface area contributed by atoms with Gasteiger partial charge in [-0.15, -0.1) is 0 Å². The minimum atomic E-state index is -0.405. The van der Waals surface area contributed by atoms with Gasteiger partial charge in [-0.3, -0.25) is 0 Å². The standard InChI is InChI=1S/C7H5Cl2FS/c8-4-1-6(9)5(3-11)7(10)2-4/h1-2,11H,3H2. The lowest BCUT2D eigenvalue weighted by Gasteiger charge is -2.01. The van der Waals surface area contributed by atoms with E-state index in [9.17, 15) is 4.39 Å². The summed E-state index contributed by atoms with van der Waals surface area (Å²) in [7, 11) is 0. The van der Waals surface area contributed by atoms with E-state index in [1.807, 2.05) is 0 Å². The number of hydrogen-bond donors (Lipinski definition) is 1. The van der Waals surface area contributed by atoms with Crippen LogP contribution in [0.2, 0.25) is 10.0 Å². The second-order valence-electron chi connectivity index (χ2n) is 2.01. The molecule has 0 nitrogen and oxygen atoms in total. The van der Waals surface area contributed by atoms with Crippen molar-refractivity contribution in [1.82, 2.24) is 0 Å². The first-order valence-electron chi connectivity index (χ1n) is 2.89. The fourth-order valence-corrected chi connectivity index (χ4v) is 1.67. The first-order valence-corrected chi connectivity index (χ1v) is 4.28. The van der Waals surface area contributed by atoms with Crippen molar-refractivity contribution in [1.29, 1.82) is 0 Å². The molecule has 0 fully saturated rings. The monoisotopic (exact) mass is 210 g/mol. The molecule has 0 amide bonds. The van der Waals surface area contributed by atoms with Gasteiger partial charge >= 0.3 is 0 Å². The summed E-state index contributed by atoms with van der Waals surface area (Å²) in [6.07, 6.45) is 0.